The van der Waals surface area contributed by atoms with Crippen LogP contribution in [0.15, 0.2) is 18.2 Å². The molecule has 1 aromatic carbocycles. The normalized spacial score (nSPS) is 15.1. The number of benzene rings is 1. The number of hydrogen-bond acceptors (Lipinski definition) is 5. The van der Waals surface area contributed by atoms with Gasteiger partial charge in [0.1, 0.15) is 16.5 Å². The Morgan fingerprint density at radius 3 is 2.87 bits per heavy atom. The number of hydrogen-bond donors (Lipinski definition) is 1. The van der Waals surface area contributed by atoms with Crippen molar-refractivity contribution in [3.05, 3.63) is 34.5 Å². The van der Waals surface area contributed by atoms with E-state index in [1.165, 1.54) is 19.3 Å². The lowest BCUT2D eigenvalue weighted by atomic mass is 9.86. The first-order valence-corrected chi connectivity index (χ1v) is 8.67. The molecular weight excluding hydrogens is 310 g/mol. The van der Waals surface area contributed by atoms with Crippen molar-refractivity contribution in [3.8, 4) is 17.0 Å². The number of imidazole rings is 1. The molecule has 1 saturated carbocycles. The number of aryl methyl sites for hydroxylation is 1. The molecule has 0 unspecified atom stereocenters. The number of fused-ring (bicyclic) bond motifs is 1. The summed E-state index contributed by atoms with van der Waals surface area (Å²) in [5, 5.41) is 15.7. The second-order valence-electron chi connectivity index (χ2n) is 6.03. The van der Waals surface area contributed by atoms with E-state index in [0.717, 1.165) is 38.2 Å². The molecule has 0 aliphatic heterocycles. The molecule has 2 heterocycles. The monoisotopic (exact) mass is 329 g/mol. The number of aliphatic hydroxyl groups excluding tert-OH is 1. The van der Waals surface area contributed by atoms with Gasteiger partial charge in [0.2, 0.25) is 4.96 Å². The largest absolute Gasteiger partial charge is 0.496 e. The lowest BCUT2D eigenvalue weighted by molar-refractivity contribution is 0.274. The first kappa shape index (κ1) is 14.7. The number of aromatic nitrogens is 3. The van der Waals surface area contributed by atoms with E-state index < -0.39 is 0 Å². The summed E-state index contributed by atoms with van der Waals surface area (Å²) in [4.78, 5) is 5.59. The summed E-state index contributed by atoms with van der Waals surface area (Å²) in [6.45, 7) is 1.94. The molecule has 0 atom stereocenters. The van der Waals surface area contributed by atoms with Gasteiger partial charge in [-0.1, -0.05) is 29.4 Å². The molecule has 3 aromatic rings. The number of ether oxygens (including phenoxy) is 1. The Balaban J connectivity index is 1.87. The van der Waals surface area contributed by atoms with Crippen LogP contribution in [0.3, 0.4) is 0 Å². The zero-order valence-corrected chi connectivity index (χ0v) is 14.1. The van der Waals surface area contributed by atoms with Crippen LogP contribution in [-0.4, -0.2) is 26.8 Å². The second-order valence-corrected chi connectivity index (χ2v) is 7.02. The highest BCUT2D eigenvalue weighted by molar-refractivity contribution is 7.16. The minimum Gasteiger partial charge on any atom is -0.496 e. The topological polar surface area (TPSA) is 59.7 Å². The van der Waals surface area contributed by atoms with Crippen LogP contribution < -0.4 is 4.74 Å². The van der Waals surface area contributed by atoms with E-state index in [2.05, 4.69) is 0 Å². The highest BCUT2D eigenvalue weighted by Crippen LogP contribution is 2.40. The van der Waals surface area contributed by atoms with Gasteiger partial charge in [0.25, 0.3) is 0 Å². The molecule has 0 amide bonds. The molecule has 1 aliphatic rings. The zero-order chi connectivity index (χ0) is 16.0. The Bertz CT molecular complexity index is 864. The van der Waals surface area contributed by atoms with Crippen molar-refractivity contribution in [1.29, 1.82) is 0 Å². The highest BCUT2D eigenvalue weighted by Gasteiger charge is 2.26. The second kappa shape index (κ2) is 5.62. The smallest absolute Gasteiger partial charge is 0.213 e. The van der Waals surface area contributed by atoms with E-state index in [9.17, 15) is 5.11 Å². The van der Waals surface area contributed by atoms with Crippen LogP contribution in [-0.2, 0) is 6.61 Å². The van der Waals surface area contributed by atoms with Crippen molar-refractivity contribution >= 4 is 16.3 Å². The quantitative estimate of drug-likeness (QED) is 0.795. The van der Waals surface area contributed by atoms with Gasteiger partial charge < -0.3 is 9.84 Å². The van der Waals surface area contributed by atoms with E-state index in [4.69, 9.17) is 14.8 Å². The third kappa shape index (κ3) is 2.33. The van der Waals surface area contributed by atoms with Gasteiger partial charge in [0.15, 0.2) is 0 Å². The first-order chi connectivity index (χ1) is 11.2. The predicted molar refractivity (Wildman–Crippen MR) is 90.1 cm³/mol. The van der Waals surface area contributed by atoms with E-state index in [1.54, 1.807) is 23.0 Å². The third-order valence-corrected chi connectivity index (χ3v) is 5.60. The molecule has 4 rings (SSSR count). The number of rotatable bonds is 4. The van der Waals surface area contributed by atoms with Crippen molar-refractivity contribution in [2.75, 3.05) is 7.11 Å². The number of methoxy groups -OCH3 is 1. The highest BCUT2D eigenvalue weighted by atomic mass is 32.1. The molecule has 1 aliphatic carbocycles. The van der Waals surface area contributed by atoms with Crippen LogP contribution in [0.4, 0.5) is 0 Å². The summed E-state index contributed by atoms with van der Waals surface area (Å²) in [7, 11) is 1.65. The predicted octanol–water partition coefficient (Wildman–Crippen LogP) is 3.53. The summed E-state index contributed by atoms with van der Waals surface area (Å²) in [5.41, 5.74) is 3.52. The first-order valence-electron chi connectivity index (χ1n) is 7.85. The fraction of sp³-hybridized carbons (Fsp3) is 0.412. The molecule has 0 saturated heterocycles. The maximum Gasteiger partial charge on any atom is 0.213 e. The summed E-state index contributed by atoms with van der Waals surface area (Å²) >= 11 is 1.63. The molecule has 2 aromatic heterocycles. The average molecular weight is 329 g/mol. The Morgan fingerprint density at radius 2 is 2.22 bits per heavy atom. The van der Waals surface area contributed by atoms with Gasteiger partial charge >= 0.3 is 0 Å². The molecule has 0 radical (unpaired) electrons. The SMILES string of the molecule is COc1ccc(C)cc1-c1nc2sc(C3CCC3)nn2c1CO. The molecule has 5 nitrogen and oxygen atoms in total. The molecule has 0 bridgehead atoms. The molecule has 1 N–H and O–H groups in total. The fourth-order valence-electron chi connectivity index (χ4n) is 2.99. The Hall–Kier alpha value is -1.92. The van der Waals surface area contributed by atoms with Crippen molar-refractivity contribution < 1.29 is 9.84 Å². The maximum atomic E-state index is 9.88. The average Bonchev–Trinajstić information content (AvgIpc) is 3.02. The number of nitrogens with zero attached hydrogens (tertiary/aromatic N) is 3. The van der Waals surface area contributed by atoms with Crippen LogP contribution in [0.25, 0.3) is 16.2 Å². The molecule has 6 heteroatoms. The minimum absolute atomic E-state index is 0.0958. The minimum atomic E-state index is -0.0958. The van der Waals surface area contributed by atoms with Crippen molar-refractivity contribution in [1.82, 2.24) is 14.6 Å². The van der Waals surface area contributed by atoms with Gasteiger partial charge in [-0.3, -0.25) is 0 Å². The van der Waals surface area contributed by atoms with E-state index >= 15 is 0 Å². The summed E-state index contributed by atoms with van der Waals surface area (Å²) < 4.78 is 7.27. The van der Waals surface area contributed by atoms with Crippen molar-refractivity contribution in [2.24, 2.45) is 0 Å². The van der Waals surface area contributed by atoms with Gasteiger partial charge in [0.05, 0.1) is 19.4 Å². The number of aliphatic hydroxyl groups is 1. The molecule has 0 spiro atoms. The maximum absolute atomic E-state index is 9.88. The molecule has 120 valence electrons. The van der Waals surface area contributed by atoms with E-state index in [1.807, 2.05) is 25.1 Å². The third-order valence-electron chi connectivity index (χ3n) is 4.53. The lowest BCUT2D eigenvalue weighted by Crippen LogP contribution is -2.09. The van der Waals surface area contributed by atoms with Gasteiger partial charge in [0, 0.05) is 11.5 Å². The molecular formula is C17H19N3O2S. The molecule has 23 heavy (non-hydrogen) atoms. The standard InChI is InChI=1S/C17H19N3O2S/c1-10-6-7-14(22-2)12(8-10)15-13(9-21)20-17(18-15)23-16(19-20)11-4-3-5-11/h6-8,11,21H,3-5,9H2,1-2H3. The van der Waals surface area contributed by atoms with Crippen LogP contribution in [0.5, 0.6) is 5.75 Å². The van der Waals surface area contributed by atoms with Crippen molar-refractivity contribution in [2.45, 2.75) is 38.7 Å². The van der Waals surface area contributed by atoms with Crippen LogP contribution >= 0.6 is 11.3 Å². The van der Waals surface area contributed by atoms with Gasteiger partial charge in [-0.25, -0.2) is 9.50 Å². The van der Waals surface area contributed by atoms with Crippen LogP contribution in [0.2, 0.25) is 0 Å². The van der Waals surface area contributed by atoms with Gasteiger partial charge in [-0.15, -0.1) is 0 Å². The summed E-state index contributed by atoms with van der Waals surface area (Å²) in [5.74, 6) is 1.33. The Kier molecular flexibility index (Phi) is 3.58. The Morgan fingerprint density at radius 1 is 1.39 bits per heavy atom. The van der Waals surface area contributed by atoms with Gasteiger partial charge in [-0.05, 0) is 31.9 Å². The Labute approximate surface area is 138 Å². The van der Waals surface area contributed by atoms with E-state index in [0.29, 0.717) is 5.92 Å². The fourth-order valence-corrected chi connectivity index (χ4v) is 4.08. The summed E-state index contributed by atoms with van der Waals surface area (Å²) in [6.07, 6.45) is 3.71. The van der Waals surface area contributed by atoms with Crippen LogP contribution in [0.1, 0.15) is 41.4 Å². The molecule has 1 fully saturated rings. The van der Waals surface area contributed by atoms with Gasteiger partial charge in [-0.2, -0.15) is 5.10 Å². The zero-order valence-electron chi connectivity index (χ0n) is 13.2. The van der Waals surface area contributed by atoms with E-state index in [-0.39, 0.29) is 6.61 Å². The van der Waals surface area contributed by atoms with Crippen molar-refractivity contribution in [3.63, 3.8) is 0 Å². The van der Waals surface area contributed by atoms with Crippen LogP contribution in [0, 0.1) is 6.92 Å². The lowest BCUT2D eigenvalue weighted by Gasteiger charge is -2.22. The summed E-state index contributed by atoms with van der Waals surface area (Å²) in [6, 6.07) is 5.98.